The van der Waals surface area contributed by atoms with Gasteiger partial charge < -0.3 is 0 Å². The highest BCUT2D eigenvalue weighted by Crippen LogP contribution is 2.44. The number of para-hydroxylation sites is 2. The maximum atomic E-state index is 8.67. The average Bonchev–Trinajstić information content (AvgIpc) is 3.71. The van der Waals surface area contributed by atoms with Gasteiger partial charge in [0, 0.05) is 30.7 Å². The van der Waals surface area contributed by atoms with Crippen LogP contribution in [0.5, 0.6) is 0 Å². The predicted molar refractivity (Wildman–Crippen MR) is 212 cm³/mol. The monoisotopic (exact) mass is 654 g/mol. The summed E-state index contributed by atoms with van der Waals surface area (Å²) in [6.45, 7) is 6.82. The quantitative estimate of drug-likeness (QED) is 0.141. The second-order valence-electron chi connectivity index (χ2n) is 13.8. The lowest BCUT2D eigenvalue weighted by Gasteiger charge is -2.20. The average molecular weight is 655 g/mol. The molecule has 3 heteroatoms. The Morgan fingerprint density at radius 2 is 1.35 bits per heavy atom. The number of thiophene rings is 1. The summed E-state index contributed by atoms with van der Waals surface area (Å²) in [6.07, 6.45) is 0. The van der Waals surface area contributed by atoms with Crippen molar-refractivity contribution in [2.75, 3.05) is 0 Å². The van der Waals surface area contributed by atoms with Crippen LogP contribution in [-0.4, -0.2) is 4.98 Å². The molecule has 0 aliphatic heterocycles. The number of rotatable bonds is 5. The van der Waals surface area contributed by atoms with E-state index in [-0.39, 0.29) is 11.8 Å². The summed E-state index contributed by atoms with van der Waals surface area (Å²) < 4.78 is 30.5. The normalized spacial score (nSPS) is 13.3. The highest BCUT2D eigenvalue weighted by atomic mass is 32.1. The fourth-order valence-electron chi connectivity index (χ4n) is 7.68. The number of imidazole rings is 1. The first kappa shape index (κ1) is 26.7. The second-order valence-corrected chi connectivity index (χ2v) is 14.9. The number of benzene rings is 7. The number of nitrogens with zero attached hydrogens (tertiary/aromatic N) is 1. The summed E-state index contributed by atoms with van der Waals surface area (Å²) in [4.78, 5) is 3.84. The summed E-state index contributed by atoms with van der Waals surface area (Å²) in [5, 5.41) is 6.42. The number of fused-ring (bicyclic) bond motifs is 7. The van der Waals surface area contributed by atoms with Crippen molar-refractivity contribution in [3.63, 3.8) is 0 Å². The third kappa shape index (κ3) is 4.71. The van der Waals surface area contributed by atoms with Gasteiger partial charge in [0.05, 0.1) is 10.3 Å². The summed E-state index contributed by atoms with van der Waals surface area (Å²) in [6, 6.07) is 45.0. The smallest absolute Gasteiger partial charge is 0.236 e. The minimum atomic E-state index is -2.28. The molecule has 0 aliphatic rings. The number of aryl methyl sites for hydroxylation is 1. The van der Waals surface area contributed by atoms with Crippen LogP contribution in [0.3, 0.4) is 0 Å². The molecule has 0 bridgehead atoms. The lowest BCUT2D eigenvalue weighted by Crippen LogP contribution is -2.35. The fraction of sp³-hybridized carbons (Fsp3) is 0.152. The van der Waals surface area contributed by atoms with Gasteiger partial charge in [-0.15, -0.1) is 11.3 Å². The molecule has 0 saturated heterocycles. The SMILES string of the molecule is [2H]C([2H])([2H])c1ccc(-c2[nH]c3ccccc3[n+]2-c2c(C(C)C)cc(-c3ccccc3)cc2C(C)C)c2sc3cc4ccc5ccccc5c4cc3c12. The van der Waals surface area contributed by atoms with Gasteiger partial charge in [-0.3, -0.25) is 0 Å². The van der Waals surface area contributed by atoms with Gasteiger partial charge in [0.2, 0.25) is 0 Å². The lowest BCUT2D eigenvalue weighted by molar-refractivity contribution is -0.556. The largest absolute Gasteiger partial charge is 0.294 e. The molecule has 49 heavy (non-hydrogen) atoms. The van der Waals surface area contributed by atoms with E-state index < -0.39 is 6.85 Å². The van der Waals surface area contributed by atoms with Crippen molar-refractivity contribution >= 4 is 64.1 Å². The third-order valence-corrected chi connectivity index (χ3v) is 11.3. The van der Waals surface area contributed by atoms with Crippen molar-refractivity contribution in [2.45, 2.75) is 46.4 Å². The van der Waals surface area contributed by atoms with Crippen LogP contribution in [0, 0.1) is 6.85 Å². The third-order valence-electron chi connectivity index (χ3n) is 10.1. The van der Waals surface area contributed by atoms with E-state index in [4.69, 9.17) is 4.11 Å². The number of hydrogen-bond acceptors (Lipinski definition) is 1. The number of hydrogen-bond donors (Lipinski definition) is 1. The highest BCUT2D eigenvalue weighted by molar-refractivity contribution is 7.26. The van der Waals surface area contributed by atoms with Crippen LogP contribution in [0.25, 0.3) is 81.0 Å². The zero-order valence-corrected chi connectivity index (χ0v) is 29.0. The molecular formula is C46H39N2S+. The Balaban J connectivity index is 1.40. The minimum Gasteiger partial charge on any atom is -0.236 e. The van der Waals surface area contributed by atoms with Crippen LogP contribution in [0.4, 0.5) is 0 Å². The van der Waals surface area contributed by atoms with Gasteiger partial charge in [-0.25, -0.2) is 4.98 Å². The number of aromatic amines is 1. The molecule has 2 aromatic heterocycles. The van der Waals surface area contributed by atoms with Gasteiger partial charge >= 0.3 is 0 Å². The standard InChI is InChI=1S/C46H38N2S/c1-27(2)36-23-33(30-13-7-6-8-14-30)24-37(28(3)4)44(36)48-41-18-12-11-17-40(41)47-46(48)35-22-19-29(5)43-39-26-38-32(25-42(39)49-45(35)43)21-20-31-15-9-10-16-34(31)38/h6-28H,1-5H3/p+1/i5D3. The van der Waals surface area contributed by atoms with Gasteiger partial charge in [0.1, 0.15) is 5.69 Å². The minimum absolute atomic E-state index is 0.245. The lowest BCUT2D eigenvalue weighted by atomic mass is 9.88. The molecule has 1 N–H and O–H groups in total. The van der Waals surface area contributed by atoms with E-state index in [1.54, 1.807) is 11.3 Å². The van der Waals surface area contributed by atoms with E-state index in [0.717, 1.165) is 53.4 Å². The first-order valence-electron chi connectivity index (χ1n) is 18.7. The molecule has 0 amide bonds. The Labute approximate surface area is 295 Å². The molecule has 2 heterocycles. The van der Waals surface area contributed by atoms with Gasteiger partial charge in [-0.1, -0.05) is 113 Å². The Hall–Kier alpha value is -5.25. The topological polar surface area (TPSA) is 19.7 Å². The first-order valence-corrected chi connectivity index (χ1v) is 18.0. The van der Waals surface area contributed by atoms with E-state index in [1.807, 2.05) is 12.1 Å². The molecule has 0 atom stereocenters. The molecule has 0 aliphatic carbocycles. The van der Waals surface area contributed by atoms with Crippen molar-refractivity contribution in [2.24, 2.45) is 0 Å². The summed E-state index contributed by atoms with van der Waals surface area (Å²) in [5.41, 5.74) is 9.63. The van der Waals surface area contributed by atoms with E-state index in [1.165, 1.54) is 38.7 Å². The summed E-state index contributed by atoms with van der Waals surface area (Å²) in [5.74, 6) is 1.44. The van der Waals surface area contributed by atoms with E-state index in [9.17, 15) is 0 Å². The van der Waals surface area contributed by atoms with Gasteiger partial charge in [0.15, 0.2) is 11.0 Å². The fourth-order valence-corrected chi connectivity index (χ4v) is 8.95. The van der Waals surface area contributed by atoms with E-state index in [2.05, 4.69) is 153 Å². The van der Waals surface area contributed by atoms with Gasteiger partial charge in [0.25, 0.3) is 5.82 Å². The molecule has 9 rings (SSSR count). The zero-order valence-electron chi connectivity index (χ0n) is 31.1. The summed E-state index contributed by atoms with van der Waals surface area (Å²) in [7, 11) is 0. The van der Waals surface area contributed by atoms with Crippen LogP contribution < -0.4 is 4.57 Å². The van der Waals surface area contributed by atoms with Crippen molar-refractivity contribution < 1.29 is 8.68 Å². The van der Waals surface area contributed by atoms with Crippen molar-refractivity contribution in [3.8, 4) is 28.2 Å². The number of H-pyrrole nitrogens is 1. The first-order chi connectivity index (χ1) is 25.1. The van der Waals surface area contributed by atoms with Crippen molar-refractivity contribution in [1.29, 1.82) is 0 Å². The highest BCUT2D eigenvalue weighted by Gasteiger charge is 2.30. The van der Waals surface area contributed by atoms with Crippen molar-refractivity contribution in [3.05, 3.63) is 144 Å². The molecule has 0 fully saturated rings. The molecule has 7 aromatic carbocycles. The second kappa shape index (κ2) is 11.4. The van der Waals surface area contributed by atoms with Crippen LogP contribution in [0.15, 0.2) is 127 Å². The number of aromatic nitrogens is 2. The maximum absolute atomic E-state index is 8.67. The van der Waals surface area contributed by atoms with E-state index >= 15 is 0 Å². The van der Waals surface area contributed by atoms with Crippen LogP contribution in [0.1, 0.15) is 60.3 Å². The molecule has 0 saturated carbocycles. The predicted octanol–water partition coefficient (Wildman–Crippen LogP) is 13.0. The zero-order chi connectivity index (χ0) is 35.9. The molecule has 238 valence electrons. The molecule has 0 radical (unpaired) electrons. The molecule has 0 spiro atoms. The van der Waals surface area contributed by atoms with Crippen LogP contribution >= 0.6 is 11.3 Å². The van der Waals surface area contributed by atoms with Crippen molar-refractivity contribution in [1.82, 2.24) is 4.98 Å². The molecular weight excluding hydrogens is 613 g/mol. The van der Waals surface area contributed by atoms with Crippen LogP contribution in [-0.2, 0) is 0 Å². The maximum Gasteiger partial charge on any atom is 0.294 e. The van der Waals surface area contributed by atoms with Gasteiger partial charge in [-0.2, -0.15) is 4.57 Å². The Kier molecular flexibility index (Phi) is 6.22. The summed E-state index contributed by atoms with van der Waals surface area (Å²) >= 11 is 1.68. The van der Waals surface area contributed by atoms with Gasteiger partial charge in [-0.05, 0) is 99.4 Å². The van der Waals surface area contributed by atoms with Crippen LogP contribution in [0.2, 0.25) is 0 Å². The van der Waals surface area contributed by atoms with E-state index in [0.29, 0.717) is 5.56 Å². The number of nitrogens with one attached hydrogen (secondary N) is 1. The molecule has 0 unspecified atom stereocenters. The Morgan fingerprint density at radius 1 is 0.633 bits per heavy atom. The molecule has 2 nitrogen and oxygen atoms in total. The Morgan fingerprint density at radius 3 is 2.12 bits per heavy atom. The molecule has 9 aromatic rings. The Bertz CT molecular complexity index is 2810.